The molecule has 0 saturated heterocycles. The van der Waals surface area contributed by atoms with Crippen LogP contribution in [-0.2, 0) is 9.47 Å². The molecule has 0 fully saturated rings. The summed E-state index contributed by atoms with van der Waals surface area (Å²) in [5.41, 5.74) is 3.02. The zero-order chi connectivity index (χ0) is 17.6. The minimum Gasteiger partial charge on any atom is -0.461 e. The van der Waals surface area contributed by atoms with E-state index >= 15 is 0 Å². The number of benzene rings is 1. The Balaban J connectivity index is 3.29. The Morgan fingerprint density at radius 3 is 2.00 bits per heavy atom. The second-order valence-electron chi connectivity index (χ2n) is 5.28. The van der Waals surface area contributed by atoms with Crippen molar-refractivity contribution in [1.29, 1.82) is 0 Å². The van der Waals surface area contributed by atoms with Crippen molar-refractivity contribution in [2.24, 2.45) is 0 Å². The number of allylic oxidation sites excluding steroid dienone is 1. The minimum absolute atomic E-state index is 0.352. The van der Waals surface area contributed by atoms with E-state index in [9.17, 15) is 0 Å². The Morgan fingerprint density at radius 1 is 1.09 bits per heavy atom. The molecular formula is C18H27IO4. The summed E-state index contributed by atoms with van der Waals surface area (Å²) >= 11 is 2.27. The van der Waals surface area contributed by atoms with Gasteiger partial charge >= 0.3 is 0 Å². The first-order valence-electron chi connectivity index (χ1n) is 7.87. The summed E-state index contributed by atoms with van der Waals surface area (Å²) in [4.78, 5) is 0. The molecule has 0 aromatic heterocycles. The molecule has 4 nitrogen and oxygen atoms in total. The first-order valence-corrected chi connectivity index (χ1v) is 8.95. The maximum atomic E-state index is 6.02. The van der Waals surface area contributed by atoms with Gasteiger partial charge in [0.1, 0.15) is 0 Å². The smallest absolute Gasteiger partial charge is 0.197 e. The molecule has 1 aromatic carbocycles. The molecule has 0 spiro atoms. The van der Waals surface area contributed by atoms with Gasteiger partial charge in [-0.1, -0.05) is 6.58 Å². The summed E-state index contributed by atoms with van der Waals surface area (Å²) in [6.45, 7) is 16.8. The van der Waals surface area contributed by atoms with Gasteiger partial charge < -0.3 is 18.9 Å². The summed E-state index contributed by atoms with van der Waals surface area (Å²) in [6.07, 6.45) is -0.715. The zero-order valence-electron chi connectivity index (χ0n) is 14.9. The van der Waals surface area contributed by atoms with E-state index in [1.165, 1.54) is 0 Å². The van der Waals surface area contributed by atoms with Gasteiger partial charge in [0.15, 0.2) is 24.1 Å². The Bertz CT molecular complexity index is 542. The van der Waals surface area contributed by atoms with Gasteiger partial charge in [-0.25, -0.2) is 0 Å². The molecule has 5 heteroatoms. The highest BCUT2D eigenvalue weighted by molar-refractivity contribution is 14.1. The van der Waals surface area contributed by atoms with Gasteiger partial charge in [-0.2, -0.15) is 0 Å². The fraction of sp³-hybridized carbons (Fsp3) is 0.556. The lowest BCUT2D eigenvalue weighted by Crippen LogP contribution is -2.21. The van der Waals surface area contributed by atoms with E-state index in [1.807, 2.05) is 41.5 Å². The van der Waals surface area contributed by atoms with Crippen LogP contribution in [0.4, 0.5) is 0 Å². The van der Waals surface area contributed by atoms with Crippen LogP contribution in [0.15, 0.2) is 12.6 Å². The molecule has 0 radical (unpaired) electrons. The van der Waals surface area contributed by atoms with E-state index in [1.54, 1.807) is 0 Å². The number of rotatable bonds is 9. The van der Waals surface area contributed by atoms with Gasteiger partial charge in [-0.3, -0.25) is 0 Å². The molecule has 0 aliphatic rings. The summed E-state index contributed by atoms with van der Waals surface area (Å²) in [5.74, 6) is 1.36. The quantitative estimate of drug-likeness (QED) is 0.398. The molecule has 0 N–H and O–H groups in total. The molecule has 0 heterocycles. The van der Waals surface area contributed by atoms with E-state index in [0.29, 0.717) is 24.7 Å². The van der Waals surface area contributed by atoms with E-state index in [2.05, 4.69) is 35.2 Å². The van der Waals surface area contributed by atoms with Crippen molar-refractivity contribution in [1.82, 2.24) is 0 Å². The van der Waals surface area contributed by atoms with Gasteiger partial charge in [-0.15, -0.1) is 0 Å². The summed E-state index contributed by atoms with van der Waals surface area (Å²) in [5, 5.41) is 0. The lowest BCUT2D eigenvalue weighted by atomic mass is 10.0. The normalized spacial score (nSPS) is 13.5. The Kier molecular flexibility index (Phi) is 8.36. The van der Waals surface area contributed by atoms with Crippen LogP contribution in [0.25, 0.3) is 5.57 Å². The molecule has 0 bridgehead atoms. The van der Waals surface area contributed by atoms with Crippen LogP contribution < -0.4 is 9.47 Å². The maximum Gasteiger partial charge on any atom is 0.197 e. The third-order valence-corrected chi connectivity index (χ3v) is 4.26. The first kappa shape index (κ1) is 20.3. The largest absolute Gasteiger partial charge is 0.461 e. The van der Waals surface area contributed by atoms with E-state index in [4.69, 9.17) is 18.9 Å². The Hall–Kier alpha value is -0.790. The predicted octanol–water partition coefficient (Wildman–Crippen LogP) is 5.16. The molecule has 2 unspecified atom stereocenters. The van der Waals surface area contributed by atoms with E-state index in [-0.39, 0.29) is 12.6 Å². The summed E-state index contributed by atoms with van der Waals surface area (Å²) in [6, 6.07) is 2.07. The number of hydrogen-bond donors (Lipinski definition) is 0. The van der Waals surface area contributed by atoms with Crippen molar-refractivity contribution in [2.45, 2.75) is 54.1 Å². The van der Waals surface area contributed by atoms with Crippen LogP contribution in [-0.4, -0.2) is 25.8 Å². The molecule has 2 atom stereocenters. The fourth-order valence-corrected chi connectivity index (χ4v) is 3.17. The zero-order valence-corrected chi connectivity index (χ0v) is 17.0. The van der Waals surface area contributed by atoms with Gasteiger partial charge in [0, 0.05) is 13.2 Å². The van der Waals surface area contributed by atoms with Crippen molar-refractivity contribution < 1.29 is 18.9 Å². The molecular weight excluding hydrogens is 407 g/mol. The highest BCUT2D eigenvalue weighted by Crippen LogP contribution is 2.41. The Morgan fingerprint density at radius 2 is 1.57 bits per heavy atom. The average molecular weight is 434 g/mol. The number of ether oxygens (including phenoxy) is 4. The predicted molar refractivity (Wildman–Crippen MR) is 102 cm³/mol. The van der Waals surface area contributed by atoms with Crippen molar-refractivity contribution in [3.63, 3.8) is 0 Å². The summed E-state index contributed by atoms with van der Waals surface area (Å²) < 4.78 is 24.0. The lowest BCUT2D eigenvalue weighted by Gasteiger charge is -2.24. The molecule has 0 aliphatic carbocycles. The van der Waals surface area contributed by atoms with Crippen molar-refractivity contribution in [3.05, 3.63) is 27.3 Å². The molecule has 1 rings (SSSR count). The summed E-state index contributed by atoms with van der Waals surface area (Å²) in [7, 11) is 0. The highest BCUT2D eigenvalue weighted by Gasteiger charge is 2.21. The van der Waals surface area contributed by atoms with Crippen LogP contribution in [0.3, 0.4) is 0 Å². The van der Waals surface area contributed by atoms with Crippen molar-refractivity contribution >= 4 is 28.2 Å². The molecule has 0 amide bonds. The Labute approximate surface area is 153 Å². The van der Waals surface area contributed by atoms with Crippen LogP contribution >= 0.6 is 22.6 Å². The van der Waals surface area contributed by atoms with Crippen LogP contribution in [0.5, 0.6) is 11.5 Å². The van der Waals surface area contributed by atoms with Crippen LogP contribution in [0.1, 0.15) is 45.7 Å². The van der Waals surface area contributed by atoms with E-state index < -0.39 is 0 Å². The van der Waals surface area contributed by atoms with Crippen LogP contribution in [0.2, 0.25) is 0 Å². The monoisotopic (exact) mass is 434 g/mol. The third-order valence-electron chi connectivity index (χ3n) is 3.19. The van der Waals surface area contributed by atoms with Crippen LogP contribution in [0, 0.1) is 10.5 Å². The van der Waals surface area contributed by atoms with E-state index in [0.717, 1.165) is 20.3 Å². The standard InChI is InChI=1S/C18H27IO4/c1-8-20-13(6)22-17-12(5)10-15(11(3)4)16(19)18(17)23-14(7)21-9-2/h10,13-14H,3,8-9H2,1-2,4-7H3. The van der Waals surface area contributed by atoms with Gasteiger partial charge in [0.25, 0.3) is 0 Å². The molecule has 0 aliphatic heterocycles. The van der Waals surface area contributed by atoms with Gasteiger partial charge in [0.05, 0.1) is 3.57 Å². The molecule has 1 aromatic rings. The van der Waals surface area contributed by atoms with Gasteiger partial charge in [0.2, 0.25) is 0 Å². The average Bonchev–Trinajstić information content (AvgIpc) is 2.46. The molecule has 23 heavy (non-hydrogen) atoms. The fourth-order valence-electron chi connectivity index (χ4n) is 2.18. The molecule has 0 saturated carbocycles. The molecule has 130 valence electrons. The van der Waals surface area contributed by atoms with Crippen molar-refractivity contribution in [2.75, 3.05) is 13.2 Å². The second kappa shape index (κ2) is 9.49. The number of hydrogen-bond acceptors (Lipinski definition) is 4. The van der Waals surface area contributed by atoms with Gasteiger partial charge in [-0.05, 0) is 86.9 Å². The second-order valence-corrected chi connectivity index (χ2v) is 6.35. The lowest BCUT2D eigenvalue weighted by molar-refractivity contribution is -0.0772. The first-order chi connectivity index (χ1) is 10.8. The number of halogens is 1. The SMILES string of the molecule is C=C(C)c1cc(C)c(OC(C)OCC)c(OC(C)OCC)c1I. The van der Waals surface area contributed by atoms with Crippen molar-refractivity contribution in [3.8, 4) is 11.5 Å². The third kappa shape index (κ3) is 5.65. The highest BCUT2D eigenvalue weighted by atomic mass is 127. The number of aryl methyl sites for hydroxylation is 1. The maximum absolute atomic E-state index is 6.02. The minimum atomic E-state index is -0.363. The topological polar surface area (TPSA) is 36.9 Å².